The van der Waals surface area contributed by atoms with Crippen LogP contribution in [0.4, 0.5) is 18.0 Å². The van der Waals surface area contributed by atoms with E-state index in [1.165, 1.54) is 12.1 Å². The maximum Gasteiger partial charge on any atom is 0.427 e. The standard InChI is InChI=1S/C37H47ClF3N5O10S/c1-9-20-18-36(20,31(49)45-57(51,52)56-35(8)14-15-35)44-29(47)24-16-21(54-25-17-26(53-10-2)42-27-22(25)12-11-13-23(27)38)19-46(24)30(48)28(33(3,4)5)43-32(50)55-34(6,7)37(39,40)41/h9,11-13,17,20-21,24,28H,1,10,14-16,18-19H2,2-8H3,(H,43,50)(H,44,47)(H,45,49)/t20-,21-,24+,28-,36-/m1/s1. The van der Waals surface area contributed by atoms with Crippen molar-refractivity contribution in [1.82, 2.24) is 25.2 Å². The Morgan fingerprint density at radius 2 is 1.81 bits per heavy atom. The van der Waals surface area contributed by atoms with Gasteiger partial charge in [-0.25, -0.2) is 18.7 Å². The second kappa shape index (κ2) is 15.4. The van der Waals surface area contributed by atoms with Crippen LogP contribution in [0.25, 0.3) is 10.9 Å². The van der Waals surface area contributed by atoms with Crippen LogP contribution in [-0.2, 0) is 33.6 Å². The number of hydrogen-bond acceptors (Lipinski definition) is 11. The van der Waals surface area contributed by atoms with Gasteiger partial charge in [-0.2, -0.15) is 21.6 Å². The van der Waals surface area contributed by atoms with Crippen molar-refractivity contribution in [1.29, 1.82) is 0 Å². The largest absolute Gasteiger partial charge is 0.488 e. The van der Waals surface area contributed by atoms with Crippen molar-refractivity contribution in [2.24, 2.45) is 11.3 Å². The van der Waals surface area contributed by atoms with Crippen LogP contribution in [0.1, 0.15) is 74.1 Å². The van der Waals surface area contributed by atoms with Crippen LogP contribution in [-0.4, -0.2) is 96.4 Å². The van der Waals surface area contributed by atoms with Gasteiger partial charge in [0.25, 0.3) is 5.91 Å². The highest BCUT2D eigenvalue weighted by Crippen LogP contribution is 2.46. The lowest BCUT2D eigenvalue weighted by atomic mass is 9.85. The zero-order chi connectivity index (χ0) is 42.5. The van der Waals surface area contributed by atoms with Gasteiger partial charge in [-0.05, 0) is 64.5 Å². The smallest absolute Gasteiger partial charge is 0.427 e. The van der Waals surface area contributed by atoms with Crippen molar-refractivity contribution in [3.05, 3.63) is 41.9 Å². The summed E-state index contributed by atoms with van der Waals surface area (Å²) >= 11 is 6.45. The Morgan fingerprint density at radius 1 is 1.14 bits per heavy atom. The topological polar surface area (TPSA) is 192 Å². The van der Waals surface area contributed by atoms with Crippen LogP contribution < -0.4 is 24.8 Å². The number of likely N-dealkylation sites (tertiary alicyclic amines) is 1. The number of halogens is 4. The summed E-state index contributed by atoms with van der Waals surface area (Å²) in [5.41, 5.74) is -6.45. The molecule has 20 heteroatoms. The van der Waals surface area contributed by atoms with Crippen molar-refractivity contribution in [2.75, 3.05) is 13.2 Å². The maximum absolute atomic E-state index is 14.5. The zero-order valence-corrected chi connectivity index (χ0v) is 34.1. The van der Waals surface area contributed by atoms with Gasteiger partial charge in [0.15, 0.2) is 0 Å². The summed E-state index contributed by atoms with van der Waals surface area (Å²) < 4.78 is 90.1. The van der Waals surface area contributed by atoms with Gasteiger partial charge in [0.1, 0.15) is 29.5 Å². The van der Waals surface area contributed by atoms with E-state index in [2.05, 4.69) is 22.2 Å². The number of para-hydroxylation sites is 1. The molecule has 1 aromatic carbocycles. The van der Waals surface area contributed by atoms with Gasteiger partial charge in [0.2, 0.25) is 23.3 Å². The SMILES string of the molecule is C=C[C@@H]1C[C@]1(NC(=O)[C@@H]1C[C@@H](Oc2cc(OCC)nc3c(Cl)cccc23)CN1C(=O)[C@@H](NC(=O)OC(C)(C)C(F)(F)F)C(C)(C)C)C(=O)NS(=O)(=O)OC1(C)CC1. The highest BCUT2D eigenvalue weighted by molar-refractivity contribution is 7.85. The number of ether oxygens (including phenoxy) is 3. The molecule has 4 amide bonds. The van der Waals surface area contributed by atoms with Crippen LogP contribution >= 0.6 is 11.6 Å². The summed E-state index contributed by atoms with van der Waals surface area (Å²) in [7, 11) is -4.58. The van der Waals surface area contributed by atoms with Crippen LogP contribution in [0.15, 0.2) is 36.9 Å². The lowest BCUT2D eigenvalue weighted by molar-refractivity contribution is -0.244. The van der Waals surface area contributed by atoms with E-state index in [0.717, 1.165) is 4.90 Å². The molecule has 5 rings (SSSR count). The lowest BCUT2D eigenvalue weighted by Crippen LogP contribution is -2.60. The van der Waals surface area contributed by atoms with Gasteiger partial charge in [0.05, 0.1) is 29.3 Å². The summed E-state index contributed by atoms with van der Waals surface area (Å²) in [6.07, 6.45) is -5.32. The Hall–Kier alpha value is -4.36. The molecule has 5 atom stereocenters. The van der Waals surface area contributed by atoms with E-state index < -0.39 is 86.6 Å². The van der Waals surface area contributed by atoms with Gasteiger partial charge in [0, 0.05) is 23.8 Å². The predicted molar refractivity (Wildman–Crippen MR) is 200 cm³/mol. The number of alkyl halides is 3. The molecule has 57 heavy (non-hydrogen) atoms. The molecule has 0 bridgehead atoms. The van der Waals surface area contributed by atoms with Crippen molar-refractivity contribution < 1.29 is 59.2 Å². The van der Waals surface area contributed by atoms with Crippen molar-refractivity contribution >= 4 is 56.6 Å². The minimum absolute atomic E-state index is 0.0293. The molecule has 0 spiro atoms. The van der Waals surface area contributed by atoms with E-state index in [4.69, 9.17) is 30.0 Å². The quantitative estimate of drug-likeness (QED) is 0.214. The van der Waals surface area contributed by atoms with Crippen LogP contribution in [0.5, 0.6) is 11.6 Å². The minimum Gasteiger partial charge on any atom is -0.488 e. The van der Waals surface area contributed by atoms with Crippen molar-refractivity contribution in [2.45, 2.75) is 115 Å². The number of pyridine rings is 1. The molecule has 1 saturated heterocycles. The Labute approximate surface area is 333 Å². The second-order valence-electron chi connectivity index (χ2n) is 16.3. The molecule has 1 aromatic heterocycles. The second-order valence-corrected chi connectivity index (χ2v) is 18.0. The first-order chi connectivity index (χ1) is 26.2. The monoisotopic (exact) mass is 845 g/mol. The van der Waals surface area contributed by atoms with Crippen molar-refractivity contribution in [3.8, 4) is 11.6 Å². The van der Waals surface area contributed by atoms with Crippen LogP contribution in [0, 0.1) is 11.3 Å². The zero-order valence-electron chi connectivity index (χ0n) is 32.5. The summed E-state index contributed by atoms with van der Waals surface area (Å²) in [5, 5.41) is 5.67. The van der Waals surface area contributed by atoms with Gasteiger partial charge in [-0.15, -0.1) is 6.58 Å². The fourth-order valence-corrected chi connectivity index (χ4v) is 7.74. The van der Waals surface area contributed by atoms with Gasteiger partial charge in [-0.1, -0.05) is 44.5 Å². The Bertz CT molecular complexity index is 2060. The molecule has 3 fully saturated rings. The van der Waals surface area contributed by atoms with E-state index in [0.29, 0.717) is 42.6 Å². The molecule has 2 heterocycles. The third-order valence-electron chi connectivity index (χ3n) is 10.1. The number of alkyl carbamates (subject to hydrolysis) is 1. The molecular formula is C37H47ClF3N5O10S. The van der Waals surface area contributed by atoms with E-state index in [1.54, 1.807) is 52.8 Å². The molecule has 314 valence electrons. The Kier molecular flexibility index (Phi) is 11.8. The molecule has 2 aliphatic carbocycles. The summed E-state index contributed by atoms with van der Waals surface area (Å²) in [6, 6.07) is 3.55. The Morgan fingerprint density at radius 3 is 2.37 bits per heavy atom. The molecule has 3 aliphatic rings. The summed E-state index contributed by atoms with van der Waals surface area (Å²) in [6.45, 7) is 13.0. The number of carbonyl (C=O) groups is 4. The number of rotatable bonds is 14. The molecule has 2 saturated carbocycles. The number of amides is 4. The number of fused-ring (bicyclic) bond motifs is 1. The summed E-state index contributed by atoms with van der Waals surface area (Å²) in [4.78, 5) is 60.9. The maximum atomic E-state index is 14.5. The van der Waals surface area contributed by atoms with E-state index in [1.807, 2.05) is 4.72 Å². The normalized spacial score (nSPS) is 23.6. The van der Waals surface area contributed by atoms with Gasteiger partial charge >= 0.3 is 22.6 Å². The molecule has 3 N–H and O–H groups in total. The number of hydrogen-bond donors (Lipinski definition) is 3. The Balaban J connectivity index is 1.47. The fraction of sp³-hybridized carbons (Fsp3) is 0.595. The minimum atomic E-state index is -4.94. The molecule has 15 nitrogen and oxygen atoms in total. The lowest BCUT2D eigenvalue weighted by Gasteiger charge is -2.36. The average Bonchev–Trinajstić information content (AvgIpc) is 3.94. The number of nitrogens with one attached hydrogen (secondary N) is 3. The van der Waals surface area contributed by atoms with Crippen LogP contribution in [0.2, 0.25) is 5.02 Å². The van der Waals surface area contributed by atoms with Crippen molar-refractivity contribution in [3.63, 3.8) is 0 Å². The number of carbonyl (C=O) groups excluding carboxylic acids is 4. The third-order valence-corrected chi connectivity index (χ3v) is 11.5. The number of aromatic nitrogens is 1. The first-order valence-corrected chi connectivity index (χ1v) is 20.0. The fourth-order valence-electron chi connectivity index (χ4n) is 6.37. The highest BCUT2D eigenvalue weighted by Gasteiger charge is 2.62. The third kappa shape index (κ3) is 9.68. The number of nitrogens with zero attached hydrogens (tertiary/aromatic N) is 2. The predicted octanol–water partition coefficient (Wildman–Crippen LogP) is 5.11. The van der Waals surface area contributed by atoms with Gasteiger partial charge in [-0.3, -0.25) is 14.4 Å². The molecular weight excluding hydrogens is 799 g/mol. The molecule has 1 aliphatic heterocycles. The number of benzene rings is 1. The molecule has 0 unspecified atom stereocenters. The first-order valence-electron chi connectivity index (χ1n) is 18.2. The highest BCUT2D eigenvalue weighted by atomic mass is 35.5. The van der Waals surface area contributed by atoms with Crippen LogP contribution in [0.3, 0.4) is 0 Å². The summed E-state index contributed by atoms with van der Waals surface area (Å²) in [5.74, 6) is -3.12. The van der Waals surface area contributed by atoms with E-state index in [9.17, 15) is 40.8 Å². The first kappa shape index (κ1) is 43.8. The average molecular weight is 846 g/mol. The molecule has 2 aromatic rings. The molecule has 0 radical (unpaired) electrons. The van der Waals surface area contributed by atoms with E-state index >= 15 is 0 Å². The van der Waals surface area contributed by atoms with Gasteiger partial charge < -0.3 is 29.7 Å². The van der Waals surface area contributed by atoms with E-state index in [-0.39, 0.29) is 37.6 Å².